The van der Waals surface area contributed by atoms with Gasteiger partial charge in [0.15, 0.2) is 0 Å². The van der Waals surface area contributed by atoms with E-state index in [1.165, 1.54) is 77.5 Å². The molecule has 0 heterocycles. The van der Waals surface area contributed by atoms with Gasteiger partial charge in [-0.1, -0.05) is 237 Å². The smallest absolute Gasteiger partial charge is 0.0468 e. The fourth-order valence-corrected chi connectivity index (χ4v) is 9.39. The monoisotopic (exact) mass is 853 g/mol. The Balaban J connectivity index is 1.01. The van der Waals surface area contributed by atoms with E-state index in [1.807, 2.05) is 0 Å². The highest BCUT2D eigenvalue weighted by Gasteiger charge is 2.22. The Kier molecular flexibility index (Phi) is 11.5. The Morgan fingerprint density at radius 1 is 0.239 bits per heavy atom. The fraction of sp³-hybridized carbons (Fsp3) is 0. The van der Waals surface area contributed by atoms with E-state index >= 15 is 0 Å². The predicted molar refractivity (Wildman–Crippen MR) is 287 cm³/mol. The van der Waals surface area contributed by atoms with E-state index in [0.29, 0.717) is 0 Å². The lowest BCUT2D eigenvalue weighted by Gasteiger charge is -2.26. The summed E-state index contributed by atoms with van der Waals surface area (Å²) < 4.78 is 0. The van der Waals surface area contributed by atoms with Crippen molar-refractivity contribution in [3.8, 4) is 66.8 Å². The molecule has 316 valence electrons. The minimum atomic E-state index is 1.10. The molecule has 0 aromatic heterocycles. The normalized spacial score (nSPS) is 11.2. The fourth-order valence-electron chi connectivity index (χ4n) is 9.39. The van der Waals surface area contributed by atoms with Crippen LogP contribution in [0.25, 0.3) is 89.7 Å². The maximum Gasteiger partial charge on any atom is 0.0468 e. The van der Waals surface area contributed by atoms with Crippen molar-refractivity contribution in [3.63, 3.8) is 0 Å². The van der Waals surface area contributed by atoms with Crippen LogP contribution in [0.1, 0.15) is 11.1 Å². The van der Waals surface area contributed by atoms with Crippen molar-refractivity contribution in [2.24, 2.45) is 0 Å². The minimum absolute atomic E-state index is 1.10. The Hall–Kier alpha value is -8.78. The molecule has 1 heteroatoms. The summed E-state index contributed by atoms with van der Waals surface area (Å²) in [5.41, 5.74) is 20.0. The van der Waals surface area contributed by atoms with E-state index in [4.69, 9.17) is 0 Å². The van der Waals surface area contributed by atoms with Crippen LogP contribution >= 0.6 is 0 Å². The summed E-state index contributed by atoms with van der Waals surface area (Å²) in [6, 6.07) is 98.4. The van der Waals surface area contributed by atoms with Crippen LogP contribution in [0, 0.1) is 0 Å². The Morgan fingerprint density at radius 2 is 0.612 bits per heavy atom. The van der Waals surface area contributed by atoms with Gasteiger partial charge in [0.1, 0.15) is 0 Å². The summed E-state index contributed by atoms with van der Waals surface area (Å²) in [5, 5.41) is 2.36. The third-order valence-corrected chi connectivity index (χ3v) is 12.7. The second kappa shape index (κ2) is 18.7. The van der Waals surface area contributed by atoms with Gasteiger partial charge < -0.3 is 4.90 Å². The zero-order valence-corrected chi connectivity index (χ0v) is 37.1. The Bertz CT molecular complexity index is 3350. The molecule has 11 rings (SSSR count). The largest absolute Gasteiger partial charge is 0.310 e. The van der Waals surface area contributed by atoms with Crippen LogP contribution in [0.15, 0.2) is 273 Å². The quantitative estimate of drug-likeness (QED) is 0.117. The van der Waals surface area contributed by atoms with Gasteiger partial charge in [0, 0.05) is 17.1 Å². The average molecular weight is 854 g/mol. The number of nitrogens with zero attached hydrogens (tertiary/aromatic N) is 1. The van der Waals surface area contributed by atoms with Crippen LogP contribution in [0.3, 0.4) is 0 Å². The molecule has 0 bridgehead atoms. The number of hydrogen-bond acceptors (Lipinski definition) is 1. The van der Waals surface area contributed by atoms with Crippen molar-refractivity contribution >= 4 is 40.0 Å². The van der Waals surface area contributed by atoms with Crippen LogP contribution in [0.5, 0.6) is 0 Å². The van der Waals surface area contributed by atoms with Crippen LogP contribution in [0.4, 0.5) is 17.1 Å². The van der Waals surface area contributed by atoms with Crippen LogP contribution in [0.2, 0.25) is 0 Å². The van der Waals surface area contributed by atoms with Gasteiger partial charge in [-0.25, -0.2) is 0 Å². The summed E-state index contributed by atoms with van der Waals surface area (Å²) >= 11 is 0. The lowest BCUT2D eigenvalue weighted by atomic mass is 9.80. The number of hydrogen-bond donors (Lipinski definition) is 0. The first kappa shape index (κ1) is 41.0. The Morgan fingerprint density at radius 3 is 1.10 bits per heavy atom. The third-order valence-electron chi connectivity index (χ3n) is 12.7. The van der Waals surface area contributed by atoms with Gasteiger partial charge in [-0.15, -0.1) is 0 Å². The highest BCUT2D eigenvalue weighted by atomic mass is 15.1. The molecule has 0 aliphatic carbocycles. The number of anilines is 3. The zero-order valence-electron chi connectivity index (χ0n) is 37.1. The van der Waals surface area contributed by atoms with Gasteiger partial charge in [-0.05, 0) is 137 Å². The summed E-state index contributed by atoms with van der Waals surface area (Å²) in [5.74, 6) is 0. The van der Waals surface area contributed by atoms with E-state index in [9.17, 15) is 0 Å². The molecule has 0 spiro atoms. The minimum Gasteiger partial charge on any atom is -0.310 e. The lowest BCUT2D eigenvalue weighted by Crippen LogP contribution is -2.09. The lowest BCUT2D eigenvalue weighted by molar-refractivity contribution is 1.29. The average Bonchev–Trinajstić information content (AvgIpc) is 3.41. The van der Waals surface area contributed by atoms with Crippen molar-refractivity contribution in [3.05, 3.63) is 284 Å². The van der Waals surface area contributed by atoms with Crippen LogP contribution < -0.4 is 4.90 Å². The molecule has 0 N–H and O–H groups in total. The van der Waals surface area contributed by atoms with E-state index in [2.05, 4.69) is 290 Å². The van der Waals surface area contributed by atoms with Gasteiger partial charge in [-0.2, -0.15) is 0 Å². The number of benzene rings is 11. The standard InChI is InChI=1S/C66H47N/c1-7-19-49(20-8-1)51-35-40-60(41-36-51)67(61-42-37-52(38-43-61)50-21-9-2-10-22-50)62-44-39-57-45-48(31-33-58(57)46-62)32-34-59-47-63(53-23-11-3-12-24-53)65(55-27-15-5-16-28-55)66(56-29-17-6-18-30-56)64(59)54-25-13-4-14-26-54/h1-47H. The first-order valence-electron chi connectivity index (χ1n) is 23.0. The molecule has 0 unspecified atom stereocenters. The highest BCUT2D eigenvalue weighted by Crippen LogP contribution is 2.48. The molecular weight excluding hydrogens is 807 g/mol. The van der Waals surface area contributed by atoms with Crippen molar-refractivity contribution in [2.45, 2.75) is 0 Å². The van der Waals surface area contributed by atoms with Gasteiger partial charge in [0.05, 0.1) is 0 Å². The molecule has 11 aromatic carbocycles. The molecule has 0 atom stereocenters. The zero-order chi connectivity index (χ0) is 44.8. The molecule has 0 saturated heterocycles. The molecular formula is C66H47N. The maximum absolute atomic E-state index is 2.39. The molecule has 0 aliphatic rings. The van der Waals surface area contributed by atoms with E-state index in [1.54, 1.807) is 0 Å². The van der Waals surface area contributed by atoms with E-state index in [0.717, 1.165) is 28.2 Å². The molecule has 1 nitrogen and oxygen atoms in total. The second-order valence-electron chi connectivity index (χ2n) is 16.9. The van der Waals surface area contributed by atoms with E-state index < -0.39 is 0 Å². The summed E-state index contributed by atoms with van der Waals surface area (Å²) in [7, 11) is 0. The van der Waals surface area contributed by atoms with Gasteiger partial charge in [0.25, 0.3) is 0 Å². The Labute approximate surface area is 393 Å². The highest BCUT2D eigenvalue weighted by molar-refractivity contribution is 6.05. The molecule has 11 aromatic rings. The molecule has 0 saturated carbocycles. The van der Waals surface area contributed by atoms with Crippen molar-refractivity contribution < 1.29 is 0 Å². The molecule has 0 fully saturated rings. The maximum atomic E-state index is 2.39. The number of fused-ring (bicyclic) bond motifs is 1. The third kappa shape index (κ3) is 8.63. The van der Waals surface area contributed by atoms with E-state index in [-0.39, 0.29) is 0 Å². The van der Waals surface area contributed by atoms with Gasteiger partial charge in [-0.3, -0.25) is 0 Å². The van der Waals surface area contributed by atoms with Gasteiger partial charge in [0.2, 0.25) is 0 Å². The molecule has 0 aliphatic heterocycles. The molecule has 67 heavy (non-hydrogen) atoms. The number of rotatable bonds is 11. The molecule has 0 radical (unpaired) electrons. The van der Waals surface area contributed by atoms with Crippen LogP contribution in [-0.4, -0.2) is 0 Å². The van der Waals surface area contributed by atoms with Gasteiger partial charge >= 0.3 is 0 Å². The van der Waals surface area contributed by atoms with Crippen molar-refractivity contribution in [2.75, 3.05) is 4.90 Å². The molecule has 0 amide bonds. The summed E-state index contributed by atoms with van der Waals surface area (Å²) in [6.07, 6.45) is 4.58. The van der Waals surface area contributed by atoms with Crippen molar-refractivity contribution in [1.82, 2.24) is 0 Å². The SMILES string of the molecule is C(=Cc1cc(-c2ccccc2)c(-c2ccccc2)c(-c2ccccc2)c1-c1ccccc1)c1ccc2cc(N(c3ccc(-c4ccccc4)cc3)c3ccc(-c4ccccc4)cc3)ccc2c1. The van der Waals surface area contributed by atoms with Crippen molar-refractivity contribution in [1.29, 1.82) is 0 Å². The first-order valence-corrected chi connectivity index (χ1v) is 23.0. The topological polar surface area (TPSA) is 3.24 Å². The first-order chi connectivity index (χ1) is 33.2. The summed E-state index contributed by atoms with van der Waals surface area (Å²) in [6.45, 7) is 0. The van der Waals surface area contributed by atoms with Crippen LogP contribution in [-0.2, 0) is 0 Å². The predicted octanol–water partition coefficient (Wildman–Crippen LogP) is 18.5. The second-order valence-corrected chi connectivity index (χ2v) is 16.9. The summed E-state index contributed by atoms with van der Waals surface area (Å²) in [4.78, 5) is 2.36.